The van der Waals surface area contributed by atoms with Gasteiger partial charge in [-0.2, -0.15) is 0 Å². The molecule has 0 aromatic heterocycles. The first-order chi connectivity index (χ1) is 10.1. The summed E-state index contributed by atoms with van der Waals surface area (Å²) in [5, 5.41) is 1.60. The molecule has 0 spiro atoms. The average molecular weight is 319 g/mol. The molecule has 3 rings (SSSR count). The van der Waals surface area contributed by atoms with Gasteiger partial charge in [0.05, 0.1) is 5.38 Å². The quantitative estimate of drug-likeness (QED) is 0.488. The molecule has 0 radical (unpaired) electrons. The Hall–Kier alpha value is -1.57. The van der Waals surface area contributed by atoms with Crippen LogP contribution in [-0.4, -0.2) is 0 Å². The molecule has 0 amide bonds. The van der Waals surface area contributed by atoms with Gasteiger partial charge >= 0.3 is 0 Å². The maximum Gasteiger partial charge on any atom is 0.131 e. The Morgan fingerprint density at radius 1 is 0.905 bits per heavy atom. The lowest BCUT2D eigenvalue weighted by atomic mass is 9.97. The van der Waals surface area contributed by atoms with Crippen molar-refractivity contribution < 1.29 is 4.39 Å². The zero-order valence-electron chi connectivity index (χ0n) is 11.4. The summed E-state index contributed by atoms with van der Waals surface area (Å²) in [6, 6.07) is 16.3. The summed E-state index contributed by atoms with van der Waals surface area (Å²) >= 11 is 12.9. The van der Waals surface area contributed by atoms with Gasteiger partial charge in [-0.25, -0.2) is 4.39 Å². The van der Waals surface area contributed by atoms with Gasteiger partial charge in [-0.1, -0.05) is 54.1 Å². The number of fused-ring (bicyclic) bond motifs is 1. The minimum absolute atomic E-state index is 0.242. The Morgan fingerprint density at radius 3 is 2.29 bits per heavy atom. The summed E-state index contributed by atoms with van der Waals surface area (Å²) in [5.41, 5.74) is 2.77. The first-order valence-corrected chi connectivity index (χ1v) is 7.46. The maximum absolute atomic E-state index is 13.9. The second-order valence-electron chi connectivity index (χ2n) is 5.07. The van der Waals surface area contributed by atoms with Crippen LogP contribution in [0.4, 0.5) is 4.39 Å². The van der Waals surface area contributed by atoms with Gasteiger partial charge in [0.1, 0.15) is 5.82 Å². The van der Waals surface area contributed by atoms with Crippen LogP contribution >= 0.6 is 23.2 Å². The highest BCUT2D eigenvalue weighted by atomic mass is 35.5. The molecule has 3 aromatic carbocycles. The first kappa shape index (κ1) is 14.4. The highest BCUT2D eigenvalue weighted by molar-refractivity contribution is 6.33. The summed E-state index contributed by atoms with van der Waals surface area (Å²) in [6.45, 7) is 1.98. The third-order valence-corrected chi connectivity index (χ3v) is 4.40. The maximum atomic E-state index is 13.9. The van der Waals surface area contributed by atoms with Gasteiger partial charge in [0.25, 0.3) is 0 Å². The minimum Gasteiger partial charge on any atom is -0.206 e. The lowest BCUT2D eigenvalue weighted by Gasteiger charge is -2.15. The van der Waals surface area contributed by atoms with E-state index < -0.39 is 5.38 Å². The molecule has 0 heterocycles. The van der Waals surface area contributed by atoms with Crippen LogP contribution in [0.15, 0.2) is 54.6 Å². The lowest BCUT2D eigenvalue weighted by molar-refractivity contribution is 0.639. The number of hydrogen-bond acceptors (Lipinski definition) is 0. The fourth-order valence-electron chi connectivity index (χ4n) is 2.51. The Kier molecular flexibility index (Phi) is 3.88. The van der Waals surface area contributed by atoms with Gasteiger partial charge < -0.3 is 0 Å². The van der Waals surface area contributed by atoms with Gasteiger partial charge in [0, 0.05) is 10.4 Å². The second-order valence-corrected chi connectivity index (χ2v) is 5.91. The number of aryl methyl sites for hydroxylation is 1. The van der Waals surface area contributed by atoms with Gasteiger partial charge in [-0.05, 0) is 41.1 Å². The monoisotopic (exact) mass is 318 g/mol. The molecule has 1 unspecified atom stereocenters. The van der Waals surface area contributed by atoms with E-state index in [2.05, 4.69) is 0 Å². The summed E-state index contributed by atoms with van der Waals surface area (Å²) in [4.78, 5) is 0. The summed E-state index contributed by atoms with van der Waals surface area (Å²) < 4.78 is 13.9. The summed E-state index contributed by atoms with van der Waals surface area (Å²) in [5.74, 6) is -0.242. The molecule has 0 nitrogen and oxygen atoms in total. The van der Waals surface area contributed by atoms with Gasteiger partial charge in [0.2, 0.25) is 0 Å². The Labute approximate surface area is 133 Å². The van der Waals surface area contributed by atoms with Crippen molar-refractivity contribution in [3.63, 3.8) is 0 Å². The standard InChI is InChI=1S/C18H13Cl2F/c1-11-6-7-15(16(19)10-11)18(20)14-8-9-17(21)13-5-3-2-4-12(13)14/h2-10,18H,1H3. The molecule has 0 aliphatic heterocycles. The third-order valence-electron chi connectivity index (χ3n) is 3.61. The molecule has 0 bridgehead atoms. The Morgan fingerprint density at radius 2 is 1.57 bits per heavy atom. The van der Waals surface area contributed by atoms with E-state index in [0.29, 0.717) is 10.4 Å². The van der Waals surface area contributed by atoms with Crippen molar-refractivity contribution in [1.82, 2.24) is 0 Å². The fourth-order valence-corrected chi connectivity index (χ4v) is 3.29. The first-order valence-electron chi connectivity index (χ1n) is 6.65. The molecule has 1 atom stereocenters. The molecular formula is C18H13Cl2F. The lowest BCUT2D eigenvalue weighted by Crippen LogP contribution is -1.97. The molecule has 106 valence electrons. The number of halogens is 3. The highest BCUT2D eigenvalue weighted by Crippen LogP contribution is 2.37. The van der Waals surface area contributed by atoms with Crippen LogP contribution < -0.4 is 0 Å². The summed E-state index contributed by atoms with van der Waals surface area (Å²) in [6.07, 6.45) is 0. The van der Waals surface area contributed by atoms with Crippen LogP contribution in [0, 0.1) is 12.7 Å². The number of rotatable bonds is 2. The fraction of sp³-hybridized carbons (Fsp3) is 0.111. The average Bonchev–Trinajstić information content (AvgIpc) is 2.47. The van der Waals surface area contributed by atoms with Crippen molar-refractivity contribution in [2.45, 2.75) is 12.3 Å². The Balaban J connectivity index is 2.18. The zero-order valence-corrected chi connectivity index (χ0v) is 12.9. The molecule has 21 heavy (non-hydrogen) atoms. The molecule has 3 aromatic rings. The van der Waals surface area contributed by atoms with Gasteiger partial charge in [-0.3, -0.25) is 0 Å². The van der Waals surface area contributed by atoms with Gasteiger partial charge in [-0.15, -0.1) is 11.6 Å². The number of alkyl halides is 1. The van der Waals surface area contributed by atoms with E-state index in [1.807, 2.05) is 43.3 Å². The van der Waals surface area contributed by atoms with E-state index in [1.165, 1.54) is 6.07 Å². The van der Waals surface area contributed by atoms with E-state index in [-0.39, 0.29) is 5.82 Å². The predicted molar refractivity (Wildman–Crippen MR) is 87.8 cm³/mol. The zero-order chi connectivity index (χ0) is 15.0. The van der Waals surface area contributed by atoms with Crippen molar-refractivity contribution >= 4 is 34.0 Å². The van der Waals surface area contributed by atoms with E-state index in [1.54, 1.807) is 12.1 Å². The van der Waals surface area contributed by atoms with Crippen molar-refractivity contribution in [1.29, 1.82) is 0 Å². The SMILES string of the molecule is Cc1ccc(C(Cl)c2ccc(F)c3ccccc23)c(Cl)c1. The van der Waals surface area contributed by atoms with E-state index >= 15 is 0 Å². The molecule has 0 aliphatic rings. The molecule has 0 saturated carbocycles. The molecular weight excluding hydrogens is 306 g/mol. The van der Waals surface area contributed by atoms with E-state index in [4.69, 9.17) is 23.2 Å². The van der Waals surface area contributed by atoms with Crippen molar-refractivity contribution in [2.24, 2.45) is 0 Å². The largest absolute Gasteiger partial charge is 0.206 e. The molecule has 0 fully saturated rings. The van der Waals surface area contributed by atoms with E-state index in [9.17, 15) is 4.39 Å². The van der Waals surface area contributed by atoms with Crippen molar-refractivity contribution in [3.8, 4) is 0 Å². The third kappa shape index (κ3) is 2.64. The highest BCUT2D eigenvalue weighted by Gasteiger charge is 2.17. The van der Waals surface area contributed by atoms with Crippen LogP contribution in [0.1, 0.15) is 22.1 Å². The van der Waals surface area contributed by atoms with Crippen molar-refractivity contribution in [2.75, 3.05) is 0 Å². The normalized spacial score (nSPS) is 12.6. The van der Waals surface area contributed by atoms with Crippen LogP contribution in [0.2, 0.25) is 5.02 Å². The molecule has 0 saturated heterocycles. The molecule has 0 N–H and O–H groups in total. The second kappa shape index (κ2) is 5.67. The number of benzene rings is 3. The summed E-state index contributed by atoms with van der Waals surface area (Å²) in [7, 11) is 0. The van der Waals surface area contributed by atoms with E-state index in [0.717, 1.165) is 22.1 Å². The smallest absolute Gasteiger partial charge is 0.131 e. The van der Waals surface area contributed by atoms with Gasteiger partial charge in [0.15, 0.2) is 0 Å². The molecule has 3 heteroatoms. The molecule has 0 aliphatic carbocycles. The van der Waals surface area contributed by atoms with Crippen LogP contribution in [-0.2, 0) is 0 Å². The van der Waals surface area contributed by atoms with Crippen molar-refractivity contribution in [3.05, 3.63) is 82.1 Å². The minimum atomic E-state index is -0.413. The Bertz CT molecular complexity index is 811. The topological polar surface area (TPSA) is 0 Å². The predicted octanol–water partition coefficient (Wildman–Crippen LogP) is 6.27. The van der Waals surface area contributed by atoms with Crippen LogP contribution in [0.3, 0.4) is 0 Å². The van der Waals surface area contributed by atoms with Crippen LogP contribution in [0.25, 0.3) is 10.8 Å². The van der Waals surface area contributed by atoms with Crippen LogP contribution in [0.5, 0.6) is 0 Å². The number of hydrogen-bond donors (Lipinski definition) is 0.